The molecule has 1 saturated carbocycles. The van der Waals surface area contributed by atoms with E-state index in [1.165, 1.54) is 12.0 Å². The third-order valence-electron chi connectivity index (χ3n) is 9.19. The number of aromatic hydroxyl groups is 1. The number of benzene rings is 1. The number of phenols is 1. The summed E-state index contributed by atoms with van der Waals surface area (Å²) in [7, 11) is 0. The Morgan fingerprint density at radius 3 is 2.67 bits per heavy atom. The van der Waals surface area contributed by atoms with Gasteiger partial charge in [-0.25, -0.2) is 4.79 Å². The van der Waals surface area contributed by atoms with E-state index in [9.17, 15) is 14.7 Å². The fourth-order valence-corrected chi connectivity index (χ4v) is 7.46. The number of carbonyl (C=O) groups is 2. The van der Waals surface area contributed by atoms with Crippen molar-refractivity contribution in [2.45, 2.75) is 82.3 Å². The molecule has 2 aliphatic carbocycles. The summed E-state index contributed by atoms with van der Waals surface area (Å²) in [5, 5.41) is 16.6. The quantitative estimate of drug-likeness (QED) is 0.339. The molecule has 42 heavy (non-hydrogen) atoms. The minimum Gasteiger partial charge on any atom is -0.508 e. The summed E-state index contributed by atoms with van der Waals surface area (Å²) in [5.41, 5.74) is 5.39. The second-order valence-corrected chi connectivity index (χ2v) is 12.8. The fraction of sp³-hybridized carbons (Fsp3) is 0.455. The van der Waals surface area contributed by atoms with Gasteiger partial charge in [0.1, 0.15) is 11.8 Å². The van der Waals surface area contributed by atoms with Crippen LogP contribution in [0.1, 0.15) is 78.8 Å². The lowest BCUT2D eigenvalue weighted by Crippen LogP contribution is -2.58. The number of hydrogen-bond donors (Lipinski definition) is 3. The Morgan fingerprint density at radius 2 is 1.86 bits per heavy atom. The fourth-order valence-electron chi connectivity index (χ4n) is 7.08. The van der Waals surface area contributed by atoms with Gasteiger partial charge in [0, 0.05) is 48.1 Å². The largest absolute Gasteiger partial charge is 0.508 e. The molecule has 1 saturated heterocycles. The van der Waals surface area contributed by atoms with Gasteiger partial charge in [-0.1, -0.05) is 31.4 Å². The number of halogens is 1. The van der Waals surface area contributed by atoms with Crippen molar-refractivity contribution < 1.29 is 14.7 Å². The van der Waals surface area contributed by atoms with Gasteiger partial charge in [0.25, 0.3) is 0 Å². The van der Waals surface area contributed by atoms with Crippen molar-refractivity contribution in [3.05, 3.63) is 87.4 Å². The molecule has 2 aromatic heterocycles. The number of aromatic nitrogens is 2. The van der Waals surface area contributed by atoms with E-state index in [4.69, 9.17) is 4.98 Å². The first kappa shape index (κ1) is 28.6. The number of aryl methyl sites for hydroxylation is 2. The molecule has 0 spiro atoms. The summed E-state index contributed by atoms with van der Waals surface area (Å²) in [6.07, 6.45) is 13.7. The smallest absolute Gasteiger partial charge is 0.318 e. The minimum atomic E-state index is -0.605. The number of phenolic OH excluding ortho intramolecular Hbond substituents is 1. The van der Waals surface area contributed by atoms with Gasteiger partial charge < -0.3 is 20.6 Å². The first-order chi connectivity index (χ1) is 20.5. The van der Waals surface area contributed by atoms with Gasteiger partial charge in [-0.05, 0) is 107 Å². The van der Waals surface area contributed by atoms with Crippen molar-refractivity contribution in [3.8, 4) is 5.75 Å². The predicted octanol–water partition coefficient (Wildman–Crippen LogP) is 5.61. The van der Waals surface area contributed by atoms with Crippen LogP contribution in [0.5, 0.6) is 5.75 Å². The molecular weight excluding hydrogens is 594 g/mol. The Hall–Kier alpha value is -3.46. The van der Waals surface area contributed by atoms with Gasteiger partial charge in [-0.15, -0.1) is 0 Å². The van der Waals surface area contributed by atoms with Crippen LogP contribution in [-0.2, 0) is 24.2 Å². The van der Waals surface area contributed by atoms with Crippen molar-refractivity contribution in [1.29, 1.82) is 0 Å². The van der Waals surface area contributed by atoms with Crippen LogP contribution in [0.2, 0.25) is 0 Å². The summed E-state index contributed by atoms with van der Waals surface area (Å²) < 4.78 is 0.940. The minimum absolute atomic E-state index is 0.0385. The Kier molecular flexibility index (Phi) is 8.74. The van der Waals surface area contributed by atoms with E-state index in [0.717, 1.165) is 71.8 Å². The first-order valence-corrected chi connectivity index (χ1v) is 16.0. The number of urea groups is 1. The summed E-state index contributed by atoms with van der Waals surface area (Å²) in [5.74, 6) is 0.162. The number of rotatable bonds is 5. The maximum atomic E-state index is 13.8. The highest BCUT2D eigenvalue weighted by Crippen LogP contribution is 2.44. The van der Waals surface area contributed by atoms with E-state index in [1.807, 2.05) is 30.5 Å². The maximum absolute atomic E-state index is 13.8. The highest BCUT2D eigenvalue weighted by atomic mass is 79.9. The normalized spacial score (nSPS) is 22.4. The van der Waals surface area contributed by atoms with Gasteiger partial charge in [0.2, 0.25) is 5.91 Å². The summed E-state index contributed by atoms with van der Waals surface area (Å²) >= 11 is 3.60. The molecular formula is C33H38BrN5O3. The van der Waals surface area contributed by atoms with Crippen LogP contribution in [0.25, 0.3) is 0 Å². The molecule has 3 N–H and O–H groups in total. The summed E-state index contributed by atoms with van der Waals surface area (Å²) in [6.45, 7) is 0.847. The van der Waals surface area contributed by atoms with Gasteiger partial charge in [0.15, 0.2) is 0 Å². The van der Waals surface area contributed by atoms with Crippen molar-refractivity contribution in [1.82, 2.24) is 25.5 Å². The Morgan fingerprint density at radius 1 is 1.02 bits per heavy atom. The third kappa shape index (κ3) is 6.31. The zero-order chi connectivity index (χ0) is 29.1. The van der Waals surface area contributed by atoms with Gasteiger partial charge in [-0.2, -0.15) is 0 Å². The molecule has 3 aromatic rings. The monoisotopic (exact) mass is 631 g/mol. The standard InChI is InChI=1S/C33H38BrN5O3/c34-25-15-24-9-8-22-16-27(40)10-11-28(22)30(31(24)36-20-25)23-12-14-39(33(42)38-26-6-2-1-3-7-26)29(17-23)32(41)37-19-21-5-4-13-35-18-21/h4-5,10-11,13,15-16,18,20,23,26,29-30,40H,1-3,6-9,12,14,17,19H2,(H,37,41)(H,38,42). The number of pyridine rings is 2. The summed E-state index contributed by atoms with van der Waals surface area (Å²) in [6, 6.07) is 11.0. The van der Waals surface area contributed by atoms with E-state index in [1.54, 1.807) is 23.4 Å². The van der Waals surface area contributed by atoms with Crippen LogP contribution in [-0.4, -0.2) is 50.5 Å². The Labute approximate surface area is 255 Å². The highest BCUT2D eigenvalue weighted by molar-refractivity contribution is 9.10. The van der Waals surface area contributed by atoms with Crippen LogP contribution in [0, 0.1) is 5.92 Å². The molecule has 3 heterocycles. The molecule has 3 aliphatic rings. The zero-order valence-electron chi connectivity index (χ0n) is 23.8. The average Bonchev–Trinajstić information content (AvgIpc) is 3.16. The van der Waals surface area contributed by atoms with Crippen molar-refractivity contribution in [3.63, 3.8) is 0 Å². The molecule has 9 heteroatoms. The number of fused-ring (bicyclic) bond motifs is 2. The van der Waals surface area contributed by atoms with E-state index in [0.29, 0.717) is 19.5 Å². The van der Waals surface area contributed by atoms with Gasteiger partial charge >= 0.3 is 6.03 Å². The molecule has 8 nitrogen and oxygen atoms in total. The molecule has 0 bridgehead atoms. The zero-order valence-corrected chi connectivity index (χ0v) is 25.4. The van der Waals surface area contributed by atoms with Crippen LogP contribution < -0.4 is 10.6 Å². The van der Waals surface area contributed by atoms with E-state index < -0.39 is 6.04 Å². The number of piperidine rings is 1. The lowest BCUT2D eigenvalue weighted by Gasteiger charge is -2.42. The van der Waals surface area contributed by atoms with Gasteiger partial charge in [-0.3, -0.25) is 14.8 Å². The molecule has 220 valence electrons. The van der Waals surface area contributed by atoms with E-state index >= 15 is 0 Å². The van der Waals surface area contributed by atoms with Crippen molar-refractivity contribution in [2.75, 3.05) is 6.54 Å². The molecule has 3 unspecified atom stereocenters. The lowest BCUT2D eigenvalue weighted by molar-refractivity contribution is -0.127. The van der Waals surface area contributed by atoms with Crippen LogP contribution >= 0.6 is 15.9 Å². The van der Waals surface area contributed by atoms with Crippen LogP contribution in [0.15, 0.2) is 59.5 Å². The number of hydrogen-bond acceptors (Lipinski definition) is 5. The third-order valence-corrected chi connectivity index (χ3v) is 9.62. The first-order valence-electron chi connectivity index (χ1n) is 15.2. The van der Waals surface area contributed by atoms with Crippen LogP contribution in [0.4, 0.5) is 4.79 Å². The van der Waals surface area contributed by atoms with Crippen LogP contribution in [0.3, 0.4) is 0 Å². The predicted molar refractivity (Wildman–Crippen MR) is 164 cm³/mol. The number of nitrogens with zero attached hydrogens (tertiary/aromatic N) is 3. The molecule has 3 atom stereocenters. The second-order valence-electron chi connectivity index (χ2n) is 11.9. The Bertz CT molecular complexity index is 1370. The summed E-state index contributed by atoms with van der Waals surface area (Å²) in [4.78, 5) is 38.3. The number of carbonyl (C=O) groups excluding carboxylic acids is 2. The molecule has 1 aliphatic heterocycles. The SMILES string of the molecule is O=C(NCc1cccnc1)C1CC(C2c3ccc(O)cc3CCc3cc(Br)cnc32)CCN1C(=O)NC1CCCCC1. The second kappa shape index (κ2) is 12.8. The molecule has 2 fully saturated rings. The van der Waals surface area contributed by atoms with E-state index in [2.05, 4.69) is 37.6 Å². The van der Waals surface area contributed by atoms with Crippen molar-refractivity contribution >= 4 is 27.9 Å². The van der Waals surface area contributed by atoms with Gasteiger partial charge in [0.05, 0.1) is 5.69 Å². The molecule has 6 rings (SSSR count). The molecule has 1 aromatic carbocycles. The average molecular weight is 633 g/mol. The highest BCUT2D eigenvalue weighted by Gasteiger charge is 2.42. The number of nitrogens with one attached hydrogen (secondary N) is 2. The molecule has 3 amide bonds. The molecule has 0 radical (unpaired) electrons. The maximum Gasteiger partial charge on any atom is 0.318 e. The number of likely N-dealkylation sites (tertiary alicyclic amines) is 1. The lowest BCUT2D eigenvalue weighted by atomic mass is 9.74. The number of amides is 3. The Balaban J connectivity index is 1.30. The van der Waals surface area contributed by atoms with E-state index in [-0.39, 0.29) is 35.6 Å². The van der Waals surface area contributed by atoms with Crippen molar-refractivity contribution in [2.24, 2.45) is 5.92 Å². The topological polar surface area (TPSA) is 107 Å².